The molecular weight excluding hydrogens is 287 g/mol. The third kappa shape index (κ3) is 3.01. The van der Waals surface area contributed by atoms with Gasteiger partial charge in [-0.15, -0.1) is 0 Å². The first kappa shape index (κ1) is 14.6. The van der Waals surface area contributed by atoms with E-state index < -0.39 is 29.8 Å². The average molecular weight is 301 g/mol. The minimum Gasteiger partial charge on any atom is -0.481 e. The SMILES string of the molecule is CC1C(C(=O)O)CCN1C(=O)Nc1cc(F)cc(Cl)c1. The second-order valence-corrected chi connectivity index (χ2v) is 5.19. The van der Waals surface area contributed by atoms with Crippen molar-refractivity contribution in [2.45, 2.75) is 19.4 Å². The lowest BCUT2D eigenvalue weighted by atomic mass is 10.0. The standard InChI is InChI=1S/C13H14ClFN2O3/c1-7-11(12(18)19)2-3-17(7)13(20)16-10-5-8(14)4-9(15)6-10/h4-7,11H,2-3H2,1H3,(H,16,20)(H,18,19). The molecule has 2 N–H and O–H groups in total. The smallest absolute Gasteiger partial charge is 0.322 e. The van der Waals surface area contributed by atoms with Gasteiger partial charge in [0.2, 0.25) is 0 Å². The van der Waals surface area contributed by atoms with E-state index in [4.69, 9.17) is 16.7 Å². The Morgan fingerprint density at radius 2 is 2.15 bits per heavy atom. The van der Waals surface area contributed by atoms with E-state index in [2.05, 4.69) is 5.32 Å². The molecule has 1 heterocycles. The molecule has 1 saturated heterocycles. The minimum absolute atomic E-state index is 0.179. The summed E-state index contributed by atoms with van der Waals surface area (Å²) in [5, 5.41) is 11.7. The number of amides is 2. The number of benzene rings is 1. The molecule has 0 saturated carbocycles. The molecule has 1 aromatic rings. The molecule has 1 aromatic carbocycles. The van der Waals surface area contributed by atoms with E-state index in [1.165, 1.54) is 11.0 Å². The summed E-state index contributed by atoms with van der Waals surface area (Å²) in [6.07, 6.45) is 0.411. The van der Waals surface area contributed by atoms with Crippen molar-refractivity contribution in [1.82, 2.24) is 4.90 Å². The van der Waals surface area contributed by atoms with Gasteiger partial charge in [0.1, 0.15) is 5.82 Å². The molecule has 108 valence electrons. The summed E-state index contributed by atoms with van der Waals surface area (Å²) in [4.78, 5) is 24.5. The summed E-state index contributed by atoms with van der Waals surface area (Å²) < 4.78 is 13.2. The van der Waals surface area contributed by atoms with Crippen LogP contribution in [0, 0.1) is 11.7 Å². The number of hydrogen-bond donors (Lipinski definition) is 2. The number of halogens is 2. The summed E-state index contributed by atoms with van der Waals surface area (Å²) in [6, 6.07) is 2.85. The molecule has 2 atom stereocenters. The highest BCUT2D eigenvalue weighted by Crippen LogP contribution is 2.25. The van der Waals surface area contributed by atoms with Gasteiger partial charge in [0.15, 0.2) is 0 Å². The Balaban J connectivity index is 2.07. The van der Waals surface area contributed by atoms with E-state index in [0.29, 0.717) is 13.0 Å². The zero-order valence-electron chi connectivity index (χ0n) is 10.8. The highest BCUT2D eigenvalue weighted by Gasteiger charge is 2.38. The molecule has 1 aliphatic rings. The van der Waals surface area contributed by atoms with Crippen LogP contribution >= 0.6 is 11.6 Å². The fraction of sp³-hybridized carbons (Fsp3) is 0.385. The van der Waals surface area contributed by atoms with Crippen LogP contribution in [-0.4, -0.2) is 34.6 Å². The largest absolute Gasteiger partial charge is 0.481 e. The van der Waals surface area contributed by atoms with Crippen LogP contribution in [-0.2, 0) is 4.79 Å². The van der Waals surface area contributed by atoms with Crippen LogP contribution in [0.5, 0.6) is 0 Å². The average Bonchev–Trinajstić information content (AvgIpc) is 2.69. The topological polar surface area (TPSA) is 69.6 Å². The van der Waals surface area contributed by atoms with Crippen molar-refractivity contribution in [2.24, 2.45) is 5.92 Å². The quantitative estimate of drug-likeness (QED) is 0.882. The summed E-state index contributed by atoms with van der Waals surface area (Å²) >= 11 is 5.70. The zero-order chi connectivity index (χ0) is 14.9. The van der Waals surface area contributed by atoms with Crippen molar-refractivity contribution in [3.63, 3.8) is 0 Å². The molecule has 1 aliphatic heterocycles. The van der Waals surface area contributed by atoms with Crippen LogP contribution in [0.2, 0.25) is 5.02 Å². The van der Waals surface area contributed by atoms with Crippen molar-refractivity contribution in [2.75, 3.05) is 11.9 Å². The Hall–Kier alpha value is -1.82. The van der Waals surface area contributed by atoms with Crippen LogP contribution in [0.1, 0.15) is 13.3 Å². The van der Waals surface area contributed by atoms with Crippen LogP contribution in [0.15, 0.2) is 18.2 Å². The first-order valence-electron chi connectivity index (χ1n) is 6.15. The lowest BCUT2D eigenvalue weighted by molar-refractivity contribution is -0.142. The lowest BCUT2D eigenvalue weighted by Gasteiger charge is -2.23. The van der Waals surface area contributed by atoms with Crippen molar-refractivity contribution in [3.8, 4) is 0 Å². The monoisotopic (exact) mass is 300 g/mol. The van der Waals surface area contributed by atoms with E-state index in [1.807, 2.05) is 0 Å². The van der Waals surface area contributed by atoms with Gasteiger partial charge in [0.05, 0.1) is 5.92 Å². The normalized spacial score (nSPS) is 21.9. The van der Waals surface area contributed by atoms with Gasteiger partial charge in [0, 0.05) is 23.3 Å². The maximum atomic E-state index is 13.2. The Kier molecular flexibility index (Phi) is 4.13. The third-order valence-electron chi connectivity index (χ3n) is 3.45. The molecular formula is C13H14ClFN2O3. The van der Waals surface area contributed by atoms with Crippen LogP contribution in [0.4, 0.5) is 14.9 Å². The highest BCUT2D eigenvalue weighted by atomic mass is 35.5. The van der Waals surface area contributed by atoms with Gasteiger partial charge in [-0.25, -0.2) is 9.18 Å². The molecule has 2 amide bonds. The predicted octanol–water partition coefficient (Wildman–Crippen LogP) is 2.81. The Bertz CT molecular complexity index is 532. The molecule has 0 spiro atoms. The number of nitrogens with zero attached hydrogens (tertiary/aromatic N) is 1. The number of carboxylic acid groups (broad SMARTS) is 1. The number of urea groups is 1. The second kappa shape index (κ2) is 5.66. The van der Waals surface area contributed by atoms with E-state index >= 15 is 0 Å². The van der Waals surface area contributed by atoms with Gasteiger partial charge < -0.3 is 15.3 Å². The third-order valence-corrected chi connectivity index (χ3v) is 3.67. The zero-order valence-corrected chi connectivity index (χ0v) is 11.5. The number of carbonyl (C=O) groups is 2. The van der Waals surface area contributed by atoms with Crippen molar-refractivity contribution in [1.29, 1.82) is 0 Å². The Morgan fingerprint density at radius 3 is 2.70 bits per heavy atom. The van der Waals surface area contributed by atoms with Crippen molar-refractivity contribution < 1.29 is 19.1 Å². The summed E-state index contributed by atoms with van der Waals surface area (Å²) in [7, 11) is 0. The molecule has 0 aromatic heterocycles. The van der Waals surface area contributed by atoms with Gasteiger partial charge in [-0.3, -0.25) is 4.79 Å². The number of likely N-dealkylation sites (tertiary alicyclic amines) is 1. The van der Waals surface area contributed by atoms with Crippen LogP contribution in [0.3, 0.4) is 0 Å². The number of rotatable bonds is 2. The van der Waals surface area contributed by atoms with E-state index in [-0.39, 0.29) is 10.7 Å². The van der Waals surface area contributed by atoms with Gasteiger partial charge in [0.25, 0.3) is 0 Å². The molecule has 20 heavy (non-hydrogen) atoms. The predicted molar refractivity (Wildman–Crippen MR) is 72.3 cm³/mol. The van der Waals surface area contributed by atoms with Crippen LogP contribution in [0.25, 0.3) is 0 Å². The molecule has 2 rings (SSSR count). The molecule has 1 fully saturated rings. The summed E-state index contributed by atoms with van der Waals surface area (Å²) in [5.74, 6) is -2.04. The number of carbonyl (C=O) groups excluding carboxylic acids is 1. The van der Waals surface area contributed by atoms with E-state index in [0.717, 1.165) is 12.1 Å². The fourth-order valence-corrected chi connectivity index (χ4v) is 2.60. The van der Waals surface area contributed by atoms with Gasteiger partial charge >= 0.3 is 12.0 Å². The maximum absolute atomic E-state index is 13.2. The molecule has 2 unspecified atom stereocenters. The highest BCUT2D eigenvalue weighted by molar-refractivity contribution is 6.30. The first-order valence-corrected chi connectivity index (χ1v) is 6.53. The van der Waals surface area contributed by atoms with Crippen molar-refractivity contribution in [3.05, 3.63) is 29.0 Å². The van der Waals surface area contributed by atoms with Crippen LogP contribution < -0.4 is 5.32 Å². The number of carboxylic acids is 1. The first-order chi connectivity index (χ1) is 9.38. The number of nitrogens with one attached hydrogen (secondary N) is 1. The van der Waals surface area contributed by atoms with Gasteiger partial charge in [-0.05, 0) is 31.5 Å². The Labute approximate surface area is 120 Å². The molecule has 5 nitrogen and oxygen atoms in total. The Morgan fingerprint density at radius 1 is 1.45 bits per heavy atom. The lowest BCUT2D eigenvalue weighted by Crippen LogP contribution is -2.40. The fourth-order valence-electron chi connectivity index (χ4n) is 2.38. The minimum atomic E-state index is -0.915. The number of anilines is 1. The molecule has 0 aliphatic carbocycles. The summed E-state index contributed by atoms with van der Waals surface area (Å²) in [5.41, 5.74) is 0.242. The van der Waals surface area contributed by atoms with E-state index in [9.17, 15) is 14.0 Å². The van der Waals surface area contributed by atoms with Crippen molar-refractivity contribution >= 4 is 29.3 Å². The molecule has 7 heteroatoms. The van der Waals surface area contributed by atoms with Gasteiger partial charge in [-0.1, -0.05) is 11.6 Å². The molecule has 0 radical (unpaired) electrons. The van der Waals surface area contributed by atoms with E-state index in [1.54, 1.807) is 6.92 Å². The maximum Gasteiger partial charge on any atom is 0.322 e. The molecule has 0 bridgehead atoms. The number of aliphatic carboxylic acids is 1. The number of hydrogen-bond acceptors (Lipinski definition) is 2. The van der Waals surface area contributed by atoms with Gasteiger partial charge in [-0.2, -0.15) is 0 Å². The summed E-state index contributed by atoms with van der Waals surface area (Å²) in [6.45, 7) is 2.04. The second-order valence-electron chi connectivity index (χ2n) is 4.76.